The second-order valence-corrected chi connectivity index (χ2v) is 8.81. The van der Waals surface area contributed by atoms with Crippen LogP contribution in [-0.2, 0) is 6.42 Å². The zero-order valence-corrected chi connectivity index (χ0v) is 17.2. The maximum absolute atomic E-state index is 14.1. The molecule has 3 unspecified atom stereocenters. The molecule has 1 aliphatic carbocycles. The molecule has 2 aromatic rings. The summed E-state index contributed by atoms with van der Waals surface area (Å²) in [6, 6.07) is 7.90. The lowest BCUT2D eigenvalue weighted by Gasteiger charge is -2.42. The first kappa shape index (κ1) is 22.7. The first-order chi connectivity index (χ1) is 13.8. The van der Waals surface area contributed by atoms with E-state index in [2.05, 4.69) is 4.98 Å². The molecule has 3 atom stereocenters. The van der Waals surface area contributed by atoms with E-state index in [4.69, 9.17) is 11.6 Å². The SMILES string of the molecule is CC(C)(CC(O)(Cc1cc(Cl)nc2ccccc12)C(F)(F)F)C1C=C(F)C=CC1O. The number of para-hydroxylation sites is 1. The van der Waals surface area contributed by atoms with Crippen LogP contribution in [0.25, 0.3) is 10.9 Å². The number of aromatic nitrogens is 1. The average Bonchev–Trinajstić information content (AvgIpc) is 2.62. The minimum absolute atomic E-state index is 0.0188. The molecule has 3 rings (SSSR count). The molecule has 1 aromatic heterocycles. The fourth-order valence-corrected chi connectivity index (χ4v) is 4.35. The fourth-order valence-electron chi connectivity index (χ4n) is 4.13. The predicted molar refractivity (Wildman–Crippen MR) is 108 cm³/mol. The van der Waals surface area contributed by atoms with Crippen LogP contribution in [0.5, 0.6) is 0 Å². The third-order valence-electron chi connectivity index (χ3n) is 5.59. The average molecular weight is 444 g/mol. The molecule has 2 N–H and O–H groups in total. The number of allylic oxidation sites excluding steroid dienone is 2. The van der Waals surface area contributed by atoms with Crippen molar-refractivity contribution in [3.05, 3.63) is 65.1 Å². The maximum atomic E-state index is 14.1. The molecule has 1 aromatic carbocycles. The standard InChI is InChI=1S/C22H22ClF4NO2/c1-20(2,16-10-14(24)7-8-18(16)29)12-21(30,22(25,26)27)11-13-9-19(23)28-17-6-4-3-5-15(13)17/h3-10,16,18,29-30H,11-12H2,1-2H3. The van der Waals surface area contributed by atoms with E-state index in [-0.39, 0.29) is 10.7 Å². The quantitative estimate of drug-likeness (QED) is 0.471. The minimum atomic E-state index is -4.97. The van der Waals surface area contributed by atoms with Crippen molar-refractivity contribution < 1.29 is 27.8 Å². The van der Waals surface area contributed by atoms with Crippen LogP contribution >= 0.6 is 11.6 Å². The number of nitrogens with zero attached hydrogens (tertiary/aromatic N) is 1. The van der Waals surface area contributed by atoms with Crippen LogP contribution in [0.1, 0.15) is 25.8 Å². The molecule has 0 saturated heterocycles. The molecular weight excluding hydrogens is 422 g/mol. The molecule has 0 saturated carbocycles. The van der Waals surface area contributed by atoms with Gasteiger partial charge in [-0.05, 0) is 41.7 Å². The summed E-state index contributed by atoms with van der Waals surface area (Å²) in [5, 5.41) is 21.5. The summed E-state index contributed by atoms with van der Waals surface area (Å²) in [5.41, 5.74) is -3.79. The molecular formula is C22H22ClF4NO2. The molecule has 30 heavy (non-hydrogen) atoms. The Balaban J connectivity index is 2.01. The highest BCUT2D eigenvalue weighted by molar-refractivity contribution is 6.29. The van der Waals surface area contributed by atoms with Crippen LogP contribution in [0.2, 0.25) is 5.15 Å². The number of benzene rings is 1. The topological polar surface area (TPSA) is 53.4 Å². The number of aliphatic hydroxyl groups is 2. The number of hydrogen-bond donors (Lipinski definition) is 2. The van der Waals surface area contributed by atoms with Crippen molar-refractivity contribution in [2.45, 2.75) is 44.6 Å². The number of rotatable bonds is 5. The second-order valence-electron chi connectivity index (χ2n) is 8.42. The molecule has 0 bridgehead atoms. The van der Waals surface area contributed by atoms with Crippen LogP contribution in [0.15, 0.2) is 54.4 Å². The fraction of sp³-hybridized carbons (Fsp3) is 0.409. The van der Waals surface area contributed by atoms with E-state index in [0.29, 0.717) is 10.9 Å². The molecule has 3 nitrogen and oxygen atoms in total. The molecule has 0 radical (unpaired) electrons. The molecule has 0 fully saturated rings. The van der Waals surface area contributed by atoms with Gasteiger partial charge in [-0.25, -0.2) is 9.37 Å². The van der Waals surface area contributed by atoms with Crippen LogP contribution in [0.3, 0.4) is 0 Å². The van der Waals surface area contributed by atoms with Crippen LogP contribution in [-0.4, -0.2) is 33.1 Å². The summed E-state index contributed by atoms with van der Waals surface area (Å²) in [6.45, 7) is 2.94. The number of aliphatic hydroxyl groups excluding tert-OH is 1. The molecule has 162 valence electrons. The highest BCUT2D eigenvalue weighted by atomic mass is 35.5. The van der Waals surface area contributed by atoms with Gasteiger partial charge in [-0.15, -0.1) is 0 Å². The van der Waals surface area contributed by atoms with Gasteiger partial charge in [-0.2, -0.15) is 13.2 Å². The first-order valence-corrected chi connectivity index (χ1v) is 9.77. The highest BCUT2D eigenvalue weighted by Crippen LogP contribution is 2.47. The van der Waals surface area contributed by atoms with Crippen LogP contribution in [0.4, 0.5) is 17.6 Å². The summed E-state index contributed by atoms with van der Waals surface area (Å²) in [7, 11) is 0. The Bertz CT molecular complexity index is 1000. The molecule has 0 aliphatic heterocycles. The molecule has 1 aliphatic rings. The Hall–Kier alpha value is -1.96. The van der Waals surface area contributed by atoms with E-state index in [1.807, 2.05) is 0 Å². The third kappa shape index (κ3) is 4.53. The first-order valence-electron chi connectivity index (χ1n) is 9.39. The van der Waals surface area contributed by atoms with Crippen molar-refractivity contribution in [1.29, 1.82) is 0 Å². The molecule has 0 spiro atoms. The summed E-state index contributed by atoms with van der Waals surface area (Å²) in [6.07, 6.45) is -4.28. The summed E-state index contributed by atoms with van der Waals surface area (Å²) < 4.78 is 56.0. The number of fused-ring (bicyclic) bond motifs is 1. The van der Waals surface area contributed by atoms with E-state index in [1.54, 1.807) is 24.3 Å². The van der Waals surface area contributed by atoms with Gasteiger partial charge in [0, 0.05) is 17.7 Å². The maximum Gasteiger partial charge on any atom is 0.417 e. The molecule has 0 amide bonds. The number of hydrogen-bond acceptors (Lipinski definition) is 3. The lowest BCUT2D eigenvalue weighted by atomic mass is 9.67. The van der Waals surface area contributed by atoms with Crippen molar-refractivity contribution in [3.63, 3.8) is 0 Å². The Morgan fingerprint density at radius 3 is 2.50 bits per heavy atom. The minimum Gasteiger partial charge on any atom is -0.388 e. The smallest absolute Gasteiger partial charge is 0.388 e. The van der Waals surface area contributed by atoms with Crippen LogP contribution in [0, 0.1) is 11.3 Å². The van der Waals surface area contributed by atoms with Gasteiger partial charge < -0.3 is 10.2 Å². The Kier molecular flexibility index (Phi) is 6.02. The monoisotopic (exact) mass is 443 g/mol. The van der Waals surface area contributed by atoms with Crippen molar-refractivity contribution in [2.24, 2.45) is 11.3 Å². The highest BCUT2D eigenvalue weighted by Gasteiger charge is 2.57. The number of alkyl halides is 3. The largest absolute Gasteiger partial charge is 0.417 e. The van der Waals surface area contributed by atoms with E-state index < -0.39 is 47.9 Å². The van der Waals surface area contributed by atoms with E-state index >= 15 is 0 Å². The third-order valence-corrected chi connectivity index (χ3v) is 5.78. The normalized spacial score (nSPS) is 22.1. The van der Waals surface area contributed by atoms with Gasteiger partial charge in [-0.3, -0.25) is 0 Å². The zero-order chi connectivity index (χ0) is 22.3. The van der Waals surface area contributed by atoms with E-state index in [0.717, 1.165) is 12.2 Å². The van der Waals surface area contributed by atoms with Crippen molar-refractivity contribution in [2.75, 3.05) is 0 Å². The van der Waals surface area contributed by atoms with Gasteiger partial charge in [0.25, 0.3) is 0 Å². The van der Waals surface area contributed by atoms with Gasteiger partial charge in [0.1, 0.15) is 11.0 Å². The Morgan fingerprint density at radius 1 is 1.17 bits per heavy atom. The van der Waals surface area contributed by atoms with Crippen molar-refractivity contribution in [1.82, 2.24) is 4.98 Å². The number of pyridine rings is 1. The van der Waals surface area contributed by atoms with Gasteiger partial charge in [0.05, 0.1) is 11.6 Å². The van der Waals surface area contributed by atoms with Gasteiger partial charge in [0.2, 0.25) is 0 Å². The second kappa shape index (κ2) is 7.94. The lowest BCUT2D eigenvalue weighted by molar-refractivity contribution is -0.271. The van der Waals surface area contributed by atoms with Crippen molar-refractivity contribution in [3.8, 4) is 0 Å². The summed E-state index contributed by atoms with van der Waals surface area (Å²) >= 11 is 5.99. The number of halogens is 5. The molecule has 8 heteroatoms. The summed E-state index contributed by atoms with van der Waals surface area (Å²) in [4.78, 5) is 4.11. The predicted octanol–water partition coefficient (Wildman–Crippen LogP) is 5.54. The summed E-state index contributed by atoms with van der Waals surface area (Å²) in [5.74, 6) is -1.57. The van der Waals surface area contributed by atoms with Gasteiger partial charge in [0.15, 0.2) is 5.60 Å². The molecule has 1 heterocycles. The zero-order valence-electron chi connectivity index (χ0n) is 16.4. The van der Waals surface area contributed by atoms with Gasteiger partial charge in [-0.1, -0.05) is 49.7 Å². The Labute approximate surface area is 176 Å². The lowest BCUT2D eigenvalue weighted by Crippen LogP contribution is -2.52. The van der Waals surface area contributed by atoms with E-state index in [9.17, 15) is 27.8 Å². The Morgan fingerprint density at radius 2 is 1.83 bits per heavy atom. The van der Waals surface area contributed by atoms with Crippen molar-refractivity contribution >= 4 is 22.5 Å². The van der Waals surface area contributed by atoms with E-state index in [1.165, 1.54) is 26.0 Å². The van der Waals surface area contributed by atoms with Crippen LogP contribution < -0.4 is 0 Å². The van der Waals surface area contributed by atoms with Gasteiger partial charge >= 0.3 is 6.18 Å².